The van der Waals surface area contributed by atoms with Crippen molar-refractivity contribution in [2.45, 2.75) is 174 Å². The predicted molar refractivity (Wildman–Crippen MR) is 195 cm³/mol. The topological polar surface area (TPSA) is 111 Å². The normalized spacial score (nSPS) is 13.9. The molecule has 0 bridgehead atoms. The Hall–Kier alpha value is -1.25. The lowest BCUT2D eigenvalue weighted by molar-refractivity contribution is -0.870. The van der Waals surface area contributed by atoms with E-state index in [0.717, 1.165) is 19.3 Å². The number of quaternary nitrogens is 1. The fraction of sp³-hybridized carbons (Fsp3) is 0.895. The van der Waals surface area contributed by atoms with Gasteiger partial charge in [-0.2, -0.15) is 0 Å². The summed E-state index contributed by atoms with van der Waals surface area (Å²) in [4.78, 5) is 36.4. The van der Waals surface area contributed by atoms with Crippen molar-refractivity contribution >= 4 is 19.8 Å². The van der Waals surface area contributed by atoms with Crippen LogP contribution in [0.3, 0.4) is 0 Å². The van der Waals surface area contributed by atoms with Gasteiger partial charge in [0.2, 0.25) is 0 Å². The molecule has 10 heteroatoms. The average molecular weight is 704 g/mol. The number of carbonyl (C=O) groups excluding carboxylic acids is 2. The van der Waals surface area contributed by atoms with E-state index in [1.54, 1.807) is 0 Å². The number of esters is 2. The van der Waals surface area contributed by atoms with E-state index in [4.69, 9.17) is 18.5 Å². The molecule has 0 radical (unpaired) electrons. The van der Waals surface area contributed by atoms with E-state index in [0.29, 0.717) is 23.9 Å². The molecular formula is C38H74NO8P. The van der Waals surface area contributed by atoms with Gasteiger partial charge < -0.3 is 27.9 Å². The zero-order chi connectivity index (χ0) is 35.8. The van der Waals surface area contributed by atoms with E-state index in [2.05, 4.69) is 19.1 Å². The Morgan fingerprint density at radius 3 is 1.58 bits per heavy atom. The Morgan fingerprint density at radius 2 is 1.10 bits per heavy atom. The Kier molecular flexibility index (Phi) is 30.9. The molecule has 0 saturated heterocycles. The number of carbonyl (C=O) groups is 2. The highest BCUT2D eigenvalue weighted by atomic mass is 31.2. The van der Waals surface area contributed by atoms with Gasteiger partial charge in [0.1, 0.15) is 19.8 Å². The minimum Gasteiger partial charge on any atom is -0.756 e. The number of unbranched alkanes of at least 4 members (excludes halogenated alkanes) is 19. The van der Waals surface area contributed by atoms with Crippen LogP contribution >= 0.6 is 7.82 Å². The summed E-state index contributed by atoms with van der Waals surface area (Å²) >= 11 is 0. The second-order valence-corrected chi connectivity index (χ2v) is 15.7. The molecule has 284 valence electrons. The summed E-state index contributed by atoms with van der Waals surface area (Å²) in [6, 6.07) is 0. The van der Waals surface area contributed by atoms with Crippen molar-refractivity contribution in [3.8, 4) is 0 Å². The zero-order valence-corrected chi connectivity index (χ0v) is 32.6. The Morgan fingerprint density at radius 1 is 0.625 bits per heavy atom. The summed E-state index contributed by atoms with van der Waals surface area (Å²) in [7, 11) is 1.16. The largest absolute Gasteiger partial charge is 0.756 e. The first-order chi connectivity index (χ1) is 23.0. The molecule has 2 unspecified atom stereocenters. The summed E-state index contributed by atoms with van der Waals surface area (Å²) in [6.45, 7) is 3.84. The molecule has 0 aromatic rings. The minimum absolute atomic E-state index is 0.0300. The highest BCUT2D eigenvalue weighted by molar-refractivity contribution is 7.45. The van der Waals surface area contributed by atoms with Gasteiger partial charge in [0, 0.05) is 12.8 Å². The molecule has 0 aliphatic heterocycles. The van der Waals surface area contributed by atoms with Crippen molar-refractivity contribution in [3.05, 3.63) is 12.2 Å². The fourth-order valence-electron chi connectivity index (χ4n) is 5.22. The molecule has 0 saturated carbocycles. The van der Waals surface area contributed by atoms with Gasteiger partial charge in [0.25, 0.3) is 7.82 Å². The van der Waals surface area contributed by atoms with Crippen molar-refractivity contribution in [2.24, 2.45) is 0 Å². The monoisotopic (exact) mass is 704 g/mol. The van der Waals surface area contributed by atoms with E-state index in [1.807, 2.05) is 28.1 Å². The fourth-order valence-corrected chi connectivity index (χ4v) is 5.94. The van der Waals surface area contributed by atoms with Crippen LogP contribution in [0.5, 0.6) is 0 Å². The van der Waals surface area contributed by atoms with Gasteiger partial charge in [-0.25, -0.2) is 0 Å². The van der Waals surface area contributed by atoms with Crippen molar-refractivity contribution in [2.75, 3.05) is 47.5 Å². The van der Waals surface area contributed by atoms with Crippen molar-refractivity contribution < 1.29 is 42.1 Å². The van der Waals surface area contributed by atoms with Gasteiger partial charge in [-0.1, -0.05) is 129 Å². The lowest BCUT2D eigenvalue weighted by Gasteiger charge is -2.28. The Labute approximate surface area is 295 Å². The molecule has 0 rings (SSSR count). The van der Waals surface area contributed by atoms with Gasteiger partial charge in [0.05, 0.1) is 27.7 Å². The lowest BCUT2D eigenvalue weighted by Crippen LogP contribution is -2.37. The van der Waals surface area contributed by atoms with Gasteiger partial charge >= 0.3 is 11.9 Å². The van der Waals surface area contributed by atoms with E-state index in [1.165, 1.54) is 109 Å². The number of nitrogens with zero attached hydrogens (tertiary/aromatic N) is 1. The first-order valence-corrected chi connectivity index (χ1v) is 20.9. The third kappa shape index (κ3) is 34.6. The van der Waals surface area contributed by atoms with Crippen LogP contribution in [0.15, 0.2) is 12.2 Å². The van der Waals surface area contributed by atoms with E-state index < -0.39 is 32.5 Å². The van der Waals surface area contributed by atoms with Crippen LogP contribution < -0.4 is 4.89 Å². The van der Waals surface area contributed by atoms with Crippen LogP contribution in [0.4, 0.5) is 0 Å². The highest BCUT2D eigenvalue weighted by Gasteiger charge is 2.21. The van der Waals surface area contributed by atoms with E-state index in [-0.39, 0.29) is 26.1 Å². The molecule has 0 fully saturated rings. The first-order valence-electron chi connectivity index (χ1n) is 19.4. The molecule has 0 heterocycles. The molecule has 9 nitrogen and oxygen atoms in total. The van der Waals surface area contributed by atoms with Gasteiger partial charge in [-0.3, -0.25) is 14.2 Å². The smallest absolute Gasteiger partial charge is 0.306 e. The number of rotatable bonds is 35. The average Bonchev–Trinajstić information content (AvgIpc) is 3.02. The Balaban J connectivity index is 3.90. The van der Waals surface area contributed by atoms with Crippen LogP contribution in [0.25, 0.3) is 0 Å². The minimum atomic E-state index is -4.59. The van der Waals surface area contributed by atoms with E-state index >= 15 is 0 Å². The summed E-state index contributed by atoms with van der Waals surface area (Å²) in [5, 5.41) is 0. The van der Waals surface area contributed by atoms with Crippen molar-refractivity contribution in [1.82, 2.24) is 0 Å². The summed E-state index contributed by atoms with van der Waals surface area (Å²) in [6.07, 6.45) is 31.3. The third-order valence-corrected chi connectivity index (χ3v) is 9.22. The predicted octanol–water partition coefficient (Wildman–Crippen LogP) is 9.61. The van der Waals surface area contributed by atoms with Gasteiger partial charge in [-0.05, 0) is 38.5 Å². The zero-order valence-electron chi connectivity index (χ0n) is 31.7. The maximum atomic E-state index is 12.4. The second-order valence-electron chi connectivity index (χ2n) is 14.3. The molecule has 0 aromatic heterocycles. The van der Waals surface area contributed by atoms with Crippen LogP contribution in [0.2, 0.25) is 0 Å². The number of hydrogen-bond acceptors (Lipinski definition) is 8. The maximum absolute atomic E-state index is 12.4. The number of phosphoric acid groups is 1. The van der Waals surface area contributed by atoms with Crippen molar-refractivity contribution in [3.63, 3.8) is 0 Å². The number of ether oxygens (including phenoxy) is 2. The molecule has 2 atom stereocenters. The van der Waals surface area contributed by atoms with Crippen LogP contribution in [-0.4, -0.2) is 70.0 Å². The molecule has 0 N–H and O–H groups in total. The molecule has 0 aromatic carbocycles. The number of phosphoric ester groups is 1. The standard InChI is InChI=1S/C38H74NO8P/c1-6-8-9-10-11-12-13-14-15-16-17-18-19-20-21-22-23-24-25-26-27-28-29-31-38(41)47-36(34-44-37(40)30-7-2)35-46-48(42,43)45-33-32-39(3,4)5/h16-17,36H,6-15,18-35H2,1-5H3/b17-16-. The van der Waals surface area contributed by atoms with Crippen LogP contribution in [0, 0.1) is 0 Å². The quantitative estimate of drug-likeness (QED) is 0.0211. The summed E-state index contributed by atoms with van der Waals surface area (Å²) in [5.41, 5.74) is 0. The molecule has 0 aliphatic rings. The Bertz CT molecular complexity index is 845. The number of allylic oxidation sites excluding steroid dienone is 2. The van der Waals surface area contributed by atoms with Crippen LogP contribution in [0.1, 0.15) is 168 Å². The maximum Gasteiger partial charge on any atom is 0.306 e. The van der Waals surface area contributed by atoms with Gasteiger partial charge in [-0.15, -0.1) is 0 Å². The van der Waals surface area contributed by atoms with Gasteiger partial charge in [0.15, 0.2) is 6.10 Å². The second kappa shape index (κ2) is 31.7. The number of likely N-dealkylation sites (N-methyl/N-ethyl adjacent to an activating group) is 1. The number of hydrogen-bond donors (Lipinski definition) is 0. The third-order valence-electron chi connectivity index (χ3n) is 8.26. The highest BCUT2D eigenvalue weighted by Crippen LogP contribution is 2.38. The van der Waals surface area contributed by atoms with Crippen molar-refractivity contribution in [1.29, 1.82) is 0 Å². The molecule has 0 spiro atoms. The summed E-state index contributed by atoms with van der Waals surface area (Å²) < 4.78 is 33.1. The van der Waals surface area contributed by atoms with Crippen LogP contribution in [-0.2, 0) is 32.7 Å². The first kappa shape index (κ1) is 46.8. The SMILES string of the molecule is CCCCCCCCCC/C=C\CCCCCCCCCCCCCC(=O)OC(COC(=O)CCC)COP(=O)([O-])OCC[N+](C)(C)C. The molecule has 0 amide bonds. The molecule has 0 aliphatic carbocycles. The molecule has 48 heavy (non-hydrogen) atoms. The van der Waals surface area contributed by atoms with E-state index in [9.17, 15) is 19.0 Å². The summed E-state index contributed by atoms with van der Waals surface area (Å²) in [5.74, 6) is -0.893. The molecular weight excluding hydrogens is 629 g/mol. The lowest BCUT2D eigenvalue weighted by atomic mass is 10.0.